The number of carbonyl (C=O) groups excluding carboxylic acids is 1. The van der Waals surface area contributed by atoms with Crippen LogP contribution in [-0.4, -0.2) is 10.9 Å². The number of hydrogen-bond donors (Lipinski definition) is 0. The molecule has 0 N–H and O–H groups in total. The average Bonchev–Trinajstić information content (AvgIpc) is 2.50. The smallest absolute Gasteiger partial charge is 0.246 e. The highest BCUT2D eigenvalue weighted by Gasteiger charge is 2.06. The van der Waals surface area contributed by atoms with Gasteiger partial charge in [-0.25, -0.2) is 0 Å². The van der Waals surface area contributed by atoms with Crippen LogP contribution in [0.4, 0.5) is 0 Å². The molecule has 0 rings (SSSR count). The van der Waals surface area contributed by atoms with Gasteiger partial charge in [0.25, 0.3) is 0 Å². The highest BCUT2D eigenvalue weighted by Crippen LogP contribution is 2.11. The Hall–Kier alpha value is -1.65. The second-order valence-electron chi connectivity index (χ2n) is 5.80. The molecule has 0 aromatic rings. The molecule has 0 spiro atoms. The molecule has 0 heterocycles. The summed E-state index contributed by atoms with van der Waals surface area (Å²) in [5, 5.41) is 21.2. The minimum Gasteiger partial charge on any atom is -0.550 e. The summed E-state index contributed by atoms with van der Waals surface area (Å²) in [5.41, 5.74) is 0.272. The number of nitrogens with zero attached hydrogens (tertiary/aromatic N) is 1. The van der Waals surface area contributed by atoms with E-state index in [0.29, 0.717) is 19.3 Å². The Labute approximate surface area is 139 Å². The van der Waals surface area contributed by atoms with E-state index < -0.39 is 5.97 Å². The summed E-state index contributed by atoms with van der Waals surface area (Å²) in [7, 11) is 0. The Balaban J connectivity index is 3.81. The second kappa shape index (κ2) is 15.3. The standard InChI is InChI=1S/C18H31NO4/c1-2-3-4-5-8-11-14-17(19(22)23)15-12-9-6-7-10-13-16-18(20)21/h8,11,15H,2-7,9-10,12-14,16H2,1H3,(H,20,21)/p-1/b11-8-,17-15+. The molecule has 0 saturated heterocycles. The van der Waals surface area contributed by atoms with Crippen molar-refractivity contribution in [2.24, 2.45) is 0 Å². The highest BCUT2D eigenvalue weighted by atomic mass is 16.6. The molecule has 5 nitrogen and oxygen atoms in total. The molecule has 0 aromatic carbocycles. The minimum absolute atomic E-state index is 0.121. The molecule has 0 aromatic heterocycles. The lowest BCUT2D eigenvalue weighted by Gasteiger charge is -2.01. The zero-order valence-electron chi connectivity index (χ0n) is 14.3. The Bertz CT molecular complexity index is 388. The van der Waals surface area contributed by atoms with Gasteiger partial charge < -0.3 is 9.90 Å². The first-order valence-electron chi connectivity index (χ1n) is 8.76. The van der Waals surface area contributed by atoms with E-state index in [9.17, 15) is 20.0 Å². The summed E-state index contributed by atoms with van der Waals surface area (Å²) in [4.78, 5) is 20.9. The number of hydrogen-bond acceptors (Lipinski definition) is 4. The van der Waals surface area contributed by atoms with Gasteiger partial charge in [0, 0.05) is 5.97 Å². The lowest BCUT2D eigenvalue weighted by Crippen LogP contribution is -2.21. The number of rotatable bonds is 15. The molecule has 0 unspecified atom stereocenters. The zero-order chi connectivity index (χ0) is 17.3. The van der Waals surface area contributed by atoms with Gasteiger partial charge in [-0.05, 0) is 44.6 Å². The maximum atomic E-state index is 11.0. The van der Waals surface area contributed by atoms with Gasteiger partial charge in [-0.2, -0.15) is 0 Å². The summed E-state index contributed by atoms with van der Waals surface area (Å²) in [6.45, 7) is 2.15. The number of unbranched alkanes of at least 4 members (excludes halogenated alkanes) is 8. The van der Waals surface area contributed by atoms with E-state index in [2.05, 4.69) is 6.92 Å². The van der Waals surface area contributed by atoms with Gasteiger partial charge in [-0.1, -0.05) is 51.2 Å². The van der Waals surface area contributed by atoms with Crippen molar-refractivity contribution in [1.29, 1.82) is 0 Å². The van der Waals surface area contributed by atoms with Gasteiger partial charge in [0.2, 0.25) is 5.70 Å². The predicted molar refractivity (Wildman–Crippen MR) is 90.3 cm³/mol. The highest BCUT2D eigenvalue weighted by molar-refractivity contribution is 5.63. The average molecular weight is 324 g/mol. The van der Waals surface area contributed by atoms with Crippen molar-refractivity contribution in [3.63, 3.8) is 0 Å². The SMILES string of the molecule is CCCCC/C=C\C/C(=C\CCCCCCCC(=O)[O-])[N+](=O)[O-]. The van der Waals surface area contributed by atoms with Crippen LogP contribution in [0.25, 0.3) is 0 Å². The molecule has 0 aliphatic carbocycles. The van der Waals surface area contributed by atoms with Crippen molar-refractivity contribution in [3.8, 4) is 0 Å². The summed E-state index contributed by atoms with van der Waals surface area (Å²) in [5.74, 6) is -0.994. The molecular formula is C18H30NO4-. The van der Waals surface area contributed by atoms with Crippen LogP contribution in [0.3, 0.4) is 0 Å². The van der Waals surface area contributed by atoms with Crippen LogP contribution in [0.15, 0.2) is 23.9 Å². The van der Waals surface area contributed by atoms with Crippen molar-refractivity contribution in [2.75, 3.05) is 0 Å². The molecule has 5 heteroatoms. The fraction of sp³-hybridized carbons (Fsp3) is 0.722. The fourth-order valence-electron chi connectivity index (χ4n) is 2.28. The van der Waals surface area contributed by atoms with Crippen molar-refractivity contribution in [3.05, 3.63) is 34.0 Å². The van der Waals surface area contributed by atoms with Crippen LogP contribution in [0, 0.1) is 10.1 Å². The molecule has 0 atom stereocenters. The van der Waals surface area contributed by atoms with Crippen LogP contribution in [0.2, 0.25) is 0 Å². The van der Waals surface area contributed by atoms with Crippen LogP contribution >= 0.6 is 0 Å². The zero-order valence-corrected chi connectivity index (χ0v) is 14.3. The fourth-order valence-corrected chi connectivity index (χ4v) is 2.28. The van der Waals surface area contributed by atoms with E-state index in [1.807, 2.05) is 12.2 Å². The molecule has 0 amide bonds. The summed E-state index contributed by atoms with van der Waals surface area (Å²) in [6.07, 6.45) is 15.8. The lowest BCUT2D eigenvalue weighted by molar-refractivity contribution is -0.427. The molecule has 23 heavy (non-hydrogen) atoms. The second-order valence-corrected chi connectivity index (χ2v) is 5.80. The van der Waals surface area contributed by atoms with Crippen molar-refractivity contribution < 1.29 is 14.8 Å². The molecule has 0 bridgehead atoms. The van der Waals surface area contributed by atoms with E-state index in [0.717, 1.165) is 38.5 Å². The number of carbonyl (C=O) groups is 1. The first-order chi connectivity index (χ1) is 11.1. The maximum Gasteiger partial charge on any atom is 0.246 e. The largest absolute Gasteiger partial charge is 0.550 e. The number of nitro groups is 1. The van der Waals surface area contributed by atoms with Crippen molar-refractivity contribution in [2.45, 2.75) is 84.0 Å². The molecule has 0 saturated carbocycles. The number of carboxylic acid groups (broad SMARTS) is 1. The Kier molecular flexibility index (Phi) is 14.2. The Morgan fingerprint density at radius 3 is 2.26 bits per heavy atom. The third-order valence-corrected chi connectivity index (χ3v) is 3.67. The van der Waals surface area contributed by atoms with Crippen molar-refractivity contribution in [1.82, 2.24) is 0 Å². The van der Waals surface area contributed by atoms with Gasteiger partial charge in [-0.15, -0.1) is 0 Å². The molecular weight excluding hydrogens is 294 g/mol. The van der Waals surface area contributed by atoms with Gasteiger partial charge in [0.15, 0.2) is 0 Å². The Morgan fingerprint density at radius 2 is 1.61 bits per heavy atom. The monoisotopic (exact) mass is 324 g/mol. The number of carboxylic acids is 1. The topological polar surface area (TPSA) is 83.3 Å². The van der Waals surface area contributed by atoms with Gasteiger partial charge in [0.05, 0.1) is 11.3 Å². The third-order valence-electron chi connectivity index (χ3n) is 3.67. The van der Waals surface area contributed by atoms with Crippen LogP contribution in [0.5, 0.6) is 0 Å². The minimum atomic E-state index is -0.994. The quantitative estimate of drug-likeness (QED) is 0.196. The van der Waals surface area contributed by atoms with Gasteiger partial charge in [-0.3, -0.25) is 10.1 Å². The molecule has 0 aliphatic heterocycles. The summed E-state index contributed by atoms with van der Waals surface area (Å²) >= 11 is 0. The summed E-state index contributed by atoms with van der Waals surface area (Å²) in [6, 6.07) is 0. The van der Waals surface area contributed by atoms with Crippen LogP contribution in [-0.2, 0) is 4.79 Å². The van der Waals surface area contributed by atoms with Crippen molar-refractivity contribution >= 4 is 5.97 Å². The molecule has 132 valence electrons. The molecule has 0 aliphatic rings. The van der Waals surface area contributed by atoms with E-state index in [1.54, 1.807) is 6.08 Å². The Morgan fingerprint density at radius 1 is 0.957 bits per heavy atom. The third kappa shape index (κ3) is 15.0. The van der Waals surface area contributed by atoms with Gasteiger partial charge >= 0.3 is 0 Å². The predicted octanol–water partition coefficient (Wildman–Crippen LogP) is 4.15. The van der Waals surface area contributed by atoms with E-state index in [-0.39, 0.29) is 17.0 Å². The lowest BCUT2D eigenvalue weighted by atomic mass is 10.1. The maximum absolute atomic E-state index is 11.0. The van der Waals surface area contributed by atoms with E-state index in [4.69, 9.17) is 0 Å². The van der Waals surface area contributed by atoms with Crippen LogP contribution < -0.4 is 5.11 Å². The first-order valence-corrected chi connectivity index (χ1v) is 8.76. The van der Waals surface area contributed by atoms with Gasteiger partial charge in [0.1, 0.15) is 0 Å². The molecule has 0 fully saturated rings. The molecule has 0 radical (unpaired) electrons. The normalized spacial score (nSPS) is 12.0. The van der Waals surface area contributed by atoms with E-state index >= 15 is 0 Å². The number of allylic oxidation sites excluding steroid dienone is 3. The number of aliphatic carboxylic acids is 1. The van der Waals surface area contributed by atoms with Crippen LogP contribution in [0.1, 0.15) is 84.0 Å². The van der Waals surface area contributed by atoms with E-state index in [1.165, 1.54) is 12.8 Å². The first kappa shape index (κ1) is 21.4. The summed E-state index contributed by atoms with van der Waals surface area (Å²) < 4.78 is 0.